The number of carbonyl (C=O) groups excluding carboxylic acids is 1. The fourth-order valence-corrected chi connectivity index (χ4v) is 4.25. The minimum Gasteiger partial charge on any atom is -0.341 e. The number of nitrogens with one attached hydrogen (secondary N) is 1. The molecule has 7 nitrogen and oxygen atoms in total. The average Bonchev–Trinajstić information content (AvgIpc) is 3.03. The zero-order valence-electron chi connectivity index (χ0n) is 18.4. The van der Waals surface area contributed by atoms with E-state index in [1.165, 1.54) is 0 Å². The Morgan fingerprint density at radius 2 is 1.73 bits per heavy atom. The molecule has 0 bridgehead atoms. The summed E-state index contributed by atoms with van der Waals surface area (Å²) in [5.41, 5.74) is 4.76. The van der Waals surface area contributed by atoms with Crippen LogP contribution in [-0.4, -0.2) is 38.5 Å². The number of aromatic nitrogens is 4. The monoisotopic (exact) mass is 406 g/mol. The van der Waals surface area contributed by atoms with Gasteiger partial charge in [-0.05, 0) is 51.0 Å². The highest BCUT2D eigenvalue weighted by atomic mass is 16.1. The highest BCUT2D eigenvalue weighted by Gasteiger charge is 2.26. The predicted molar refractivity (Wildman–Crippen MR) is 120 cm³/mol. The average molecular weight is 407 g/mol. The fourth-order valence-electron chi connectivity index (χ4n) is 4.25. The van der Waals surface area contributed by atoms with E-state index in [2.05, 4.69) is 38.6 Å². The molecule has 0 saturated carbocycles. The third-order valence-corrected chi connectivity index (χ3v) is 5.82. The summed E-state index contributed by atoms with van der Waals surface area (Å²) in [5, 5.41) is 3.10. The van der Waals surface area contributed by atoms with Crippen molar-refractivity contribution in [1.82, 2.24) is 19.5 Å². The van der Waals surface area contributed by atoms with E-state index in [9.17, 15) is 4.79 Å². The van der Waals surface area contributed by atoms with Crippen molar-refractivity contribution in [2.75, 3.05) is 23.3 Å². The summed E-state index contributed by atoms with van der Waals surface area (Å²) < 4.78 is 2.12. The van der Waals surface area contributed by atoms with Gasteiger partial charge in [0.05, 0.1) is 11.0 Å². The van der Waals surface area contributed by atoms with Gasteiger partial charge in [-0.15, -0.1) is 0 Å². The topological polar surface area (TPSA) is 75.9 Å². The Labute approximate surface area is 177 Å². The first-order valence-corrected chi connectivity index (χ1v) is 10.7. The van der Waals surface area contributed by atoms with Gasteiger partial charge in [0, 0.05) is 49.0 Å². The highest BCUT2D eigenvalue weighted by Crippen LogP contribution is 2.26. The molecule has 7 heteroatoms. The van der Waals surface area contributed by atoms with Crippen molar-refractivity contribution in [3.8, 4) is 0 Å². The number of imidazole rings is 1. The number of piperidine rings is 1. The molecular weight excluding hydrogens is 376 g/mol. The fraction of sp³-hybridized carbons (Fsp3) is 0.478. The van der Waals surface area contributed by atoms with Crippen LogP contribution in [0.4, 0.5) is 11.6 Å². The Morgan fingerprint density at radius 1 is 1.07 bits per heavy atom. The molecule has 0 atom stereocenters. The van der Waals surface area contributed by atoms with E-state index in [1.807, 2.05) is 45.2 Å². The molecule has 2 aromatic heterocycles. The smallest absolute Gasteiger partial charge is 0.227 e. The second-order valence-electron chi connectivity index (χ2n) is 8.59. The summed E-state index contributed by atoms with van der Waals surface area (Å²) in [4.78, 5) is 28.9. The molecule has 1 amide bonds. The van der Waals surface area contributed by atoms with Crippen molar-refractivity contribution in [3.05, 3.63) is 41.5 Å². The maximum Gasteiger partial charge on any atom is 0.227 e. The molecule has 0 unspecified atom stereocenters. The molecular formula is C23H30N6O. The number of benzene rings is 1. The number of nitrogens with zero attached hydrogens (tertiary/aromatic N) is 5. The normalized spacial score (nSPS) is 15.2. The number of carbonyl (C=O) groups is 1. The second-order valence-corrected chi connectivity index (χ2v) is 8.59. The Hall–Kier alpha value is -2.96. The van der Waals surface area contributed by atoms with Gasteiger partial charge in [0.15, 0.2) is 0 Å². The van der Waals surface area contributed by atoms with Crippen LogP contribution >= 0.6 is 0 Å². The minimum absolute atomic E-state index is 0.00203. The SMILES string of the molecule is Cc1cc(C)nc(N2CCC(C(=O)Nc3ccc4c(c3)nc(C(C)C)n4C)CC2)n1. The second kappa shape index (κ2) is 8.05. The Morgan fingerprint density at radius 3 is 2.37 bits per heavy atom. The number of rotatable bonds is 4. The van der Waals surface area contributed by atoms with Crippen LogP contribution < -0.4 is 10.2 Å². The lowest BCUT2D eigenvalue weighted by molar-refractivity contribution is -0.120. The molecule has 0 aliphatic carbocycles. The number of hydrogen-bond acceptors (Lipinski definition) is 5. The molecule has 4 rings (SSSR count). The third-order valence-electron chi connectivity index (χ3n) is 5.82. The molecule has 0 spiro atoms. The number of amides is 1. The van der Waals surface area contributed by atoms with E-state index >= 15 is 0 Å². The highest BCUT2D eigenvalue weighted by molar-refractivity contribution is 5.94. The standard InChI is InChI=1S/C23H30N6O/c1-14(2)21-27-19-13-18(6-7-20(19)28(21)5)26-22(30)17-8-10-29(11-9-17)23-24-15(3)12-16(4)25-23/h6-7,12-14,17H,8-11H2,1-5H3,(H,26,30). The summed E-state index contributed by atoms with van der Waals surface area (Å²) in [5.74, 6) is 2.25. The minimum atomic E-state index is -0.00203. The van der Waals surface area contributed by atoms with Gasteiger partial charge in [-0.1, -0.05) is 13.8 Å². The largest absolute Gasteiger partial charge is 0.341 e. The van der Waals surface area contributed by atoms with E-state index in [0.29, 0.717) is 5.92 Å². The summed E-state index contributed by atoms with van der Waals surface area (Å²) >= 11 is 0. The maximum atomic E-state index is 12.8. The van der Waals surface area contributed by atoms with Gasteiger partial charge in [0.25, 0.3) is 0 Å². The summed E-state index contributed by atoms with van der Waals surface area (Å²) in [6.45, 7) is 9.83. The van der Waals surface area contributed by atoms with Crippen LogP contribution in [-0.2, 0) is 11.8 Å². The Bertz CT molecular complexity index is 1060. The number of fused-ring (bicyclic) bond motifs is 1. The summed E-state index contributed by atoms with van der Waals surface area (Å²) in [7, 11) is 2.04. The molecule has 1 aromatic carbocycles. The number of anilines is 2. The van der Waals surface area contributed by atoms with Gasteiger partial charge in [0.2, 0.25) is 11.9 Å². The van der Waals surface area contributed by atoms with Gasteiger partial charge >= 0.3 is 0 Å². The first kappa shape index (κ1) is 20.3. The zero-order valence-corrected chi connectivity index (χ0v) is 18.4. The number of aryl methyl sites for hydroxylation is 3. The molecule has 1 aliphatic rings. The van der Waals surface area contributed by atoms with Crippen molar-refractivity contribution in [2.45, 2.75) is 46.5 Å². The van der Waals surface area contributed by atoms with E-state index in [0.717, 1.165) is 65.8 Å². The lowest BCUT2D eigenvalue weighted by Gasteiger charge is -2.31. The van der Waals surface area contributed by atoms with Crippen LogP contribution in [0.3, 0.4) is 0 Å². The molecule has 0 radical (unpaired) electrons. The van der Waals surface area contributed by atoms with Crippen LogP contribution in [0.25, 0.3) is 11.0 Å². The molecule has 158 valence electrons. The lowest BCUT2D eigenvalue weighted by atomic mass is 9.96. The van der Waals surface area contributed by atoms with Crippen LogP contribution in [0.5, 0.6) is 0 Å². The molecule has 1 aliphatic heterocycles. The third kappa shape index (κ3) is 4.01. The van der Waals surface area contributed by atoms with Crippen LogP contribution in [0.1, 0.15) is 49.8 Å². The van der Waals surface area contributed by atoms with E-state index < -0.39 is 0 Å². The van der Waals surface area contributed by atoms with Gasteiger partial charge in [-0.3, -0.25) is 4.79 Å². The maximum absolute atomic E-state index is 12.8. The van der Waals surface area contributed by atoms with Gasteiger partial charge < -0.3 is 14.8 Å². The molecule has 1 fully saturated rings. The van der Waals surface area contributed by atoms with Crippen molar-refractivity contribution in [3.63, 3.8) is 0 Å². The van der Waals surface area contributed by atoms with E-state index in [4.69, 9.17) is 4.98 Å². The summed E-state index contributed by atoms with van der Waals surface area (Å²) in [6, 6.07) is 7.94. The lowest BCUT2D eigenvalue weighted by Crippen LogP contribution is -2.39. The Balaban J connectivity index is 1.41. The van der Waals surface area contributed by atoms with Crippen molar-refractivity contribution in [2.24, 2.45) is 13.0 Å². The van der Waals surface area contributed by atoms with Crippen LogP contribution in [0.15, 0.2) is 24.3 Å². The van der Waals surface area contributed by atoms with Gasteiger partial charge in [-0.2, -0.15) is 0 Å². The first-order valence-electron chi connectivity index (χ1n) is 10.7. The van der Waals surface area contributed by atoms with Crippen LogP contribution in [0.2, 0.25) is 0 Å². The molecule has 3 heterocycles. The van der Waals surface area contributed by atoms with Crippen molar-refractivity contribution < 1.29 is 4.79 Å². The summed E-state index contributed by atoms with van der Waals surface area (Å²) in [6.07, 6.45) is 1.59. The zero-order chi connectivity index (χ0) is 21.4. The molecule has 3 aromatic rings. The molecule has 1 saturated heterocycles. The number of hydrogen-bond donors (Lipinski definition) is 1. The quantitative estimate of drug-likeness (QED) is 0.710. The van der Waals surface area contributed by atoms with Gasteiger partial charge in [-0.25, -0.2) is 15.0 Å². The predicted octanol–water partition coefficient (Wildman–Crippen LogP) is 3.96. The molecule has 1 N–H and O–H groups in total. The van der Waals surface area contributed by atoms with E-state index in [-0.39, 0.29) is 11.8 Å². The van der Waals surface area contributed by atoms with E-state index in [1.54, 1.807) is 0 Å². The van der Waals surface area contributed by atoms with Crippen LogP contribution in [0, 0.1) is 19.8 Å². The van der Waals surface area contributed by atoms with Crippen molar-refractivity contribution in [1.29, 1.82) is 0 Å². The van der Waals surface area contributed by atoms with Gasteiger partial charge in [0.1, 0.15) is 5.82 Å². The molecule has 30 heavy (non-hydrogen) atoms. The Kier molecular flexibility index (Phi) is 5.45. The first-order chi connectivity index (χ1) is 14.3. The van der Waals surface area contributed by atoms with Crippen molar-refractivity contribution >= 4 is 28.6 Å².